The van der Waals surface area contributed by atoms with Crippen molar-refractivity contribution in [3.05, 3.63) is 34.3 Å². The second-order valence-electron chi connectivity index (χ2n) is 8.61. The summed E-state index contributed by atoms with van der Waals surface area (Å²) in [7, 11) is 0. The zero-order valence-electron chi connectivity index (χ0n) is 14.2. The minimum Gasteiger partial charge on any atom is -0.359 e. The Balaban J connectivity index is 1.89. The smallest absolute Gasteiger partial charge is 0.100 e. The second-order valence-corrected chi connectivity index (χ2v) is 9.04. The van der Waals surface area contributed by atoms with Crippen molar-refractivity contribution in [2.75, 3.05) is 0 Å². The minimum atomic E-state index is -0.207. The zero-order chi connectivity index (χ0) is 15.7. The van der Waals surface area contributed by atoms with Crippen LogP contribution in [0.25, 0.3) is 0 Å². The molecule has 2 saturated carbocycles. The molecule has 2 heteroatoms. The molecule has 4 rings (SSSR count). The second kappa shape index (κ2) is 4.74. The van der Waals surface area contributed by atoms with E-state index >= 15 is 0 Å². The third-order valence-corrected chi connectivity index (χ3v) is 6.78. The molecule has 2 fully saturated rings. The molecule has 0 saturated heterocycles. The van der Waals surface area contributed by atoms with Gasteiger partial charge in [-0.2, -0.15) is 0 Å². The summed E-state index contributed by atoms with van der Waals surface area (Å²) in [5, 5.41) is 0.845. The Hall–Kier alpha value is -0.530. The molecule has 5 unspecified atom stereocenters. The first-order valence-corrected chi connectivity index (χ1v) is 9.21. The van der Waals surface area contributed by atoms with E-state index < -0.39 is 0 Å². The van der Waals surface area contributed by atoms with Crippen LogP contribution in [-0.2, 0) is 15.9 Å². The lowest BCUT2D eigenvalue weighted by Gasteiger charge is -2.53. The van der Waals surface area contributed by atoms with Gasteiger partial charge in [0, 0.05) is 5.02 Å². The van der Waals surface area contributed by atoms with E-state index in [0.29, 0.717) is 11.8 Å². The van der Waals surface area contributed by atoms with Crippen molar-refractivity contribution in [2.24, 2.45) is 23.7 Å². The van der Waals surface area contributed by atoms with E-state index in [1.54, 1.807) is 0 Å². The quantitative estimate of drug-likeness (QED) is 0.579. The van der Waals surface area contributed by atoms with E-state index in [1.165, 1.54) is 36.8 Å². The molecule has 2 aliphatic carbocycles. The van der Waals surface area contributed by atoms with Crippen LogP contribution in [0.15, 0.2) is 18.2 Å². The highest BCUT2D eigenvalue weighted by Crippen LogP contribution is 2.62. The van der Waals surface area contributed by atoms with Gasteiger partial charge in [-0.05, 0) is 86.5 Å². The van der Waals surface area contributed by atoms with Crippen LogP contribution < -0.4 is 0 Å². The molecular weight excluding hydrogens is 292 g/mol. The van der Waals surface area contributed by atoms with Crippen molar-refractivity contribution in [3.8, 4) is 0 Å². The van der Waals surface area contributed by atoms with Crippen molar-refractivity contribution < 1.29 is 4.74 Å². The Labute approximate surface area is 139 Å². The van der Waals surface area contributed by atoms with Gasteiger partial charge in [-0.1, -0.05) is 31.5 Å². The Morgan fingerprint density at radius 1 is 1.05 bits per heavy atom. The van der Waals surface area contributed by atoms with E-state index in [4.69, 9.17) is 16.3 Å². The van der Waals surface area contributed by atoms with Crippen molar-refractivity contribution in [1.82, 2.24) is 0 Å². The minimum absolute atomic E-state index is 0.116. The first kappa shape index (κ1) is 15.0. The maximum atomic E-state index is 6.89. The Morgan fingerprint density at radius 2 is 1.82 bits per heavy atom. The fourth-order valence-corrected chi connectivity index (χ4v) is 6.10. The standard InChI is InChI=1S/C20H27ClO/c1-12-7-14-9-13(2)20(15(8-12)10-14)18-11-16(21)5-6-17(18)19(3,4)22-20/h5-6,11-15H,7-10H2,1-4H3. The fraction of sp³-hybridized carbons (Fsp3) is 0.700. The molecular formula is C20H27ClO. The molecule has 22 heavy (non-hydrogen) atoms. The van der Waals surface area contributed by atoms with Crippen LogP contribution in [0.2, 0.25) is 5.02 Å². The summed E-state index contributed by atoms with van der Waals surface area (Å²) >= 11 is 6.37. The lowest BCUT2D eigenvalue weighted by atomic mass is 9.56. The van der Waals surface area contributed by atoms with Gasteiger partial charge in [-0.25, -0.2) is 0 Å². The molecule has 0 aromatic heterocycles. The number of fused-ring (bicyclic) bond motifs is 5. The van der Waals surface area contributed by atoms with Gasteiger partial charge in [0.2, 0.25) is 0 Å². The van der Waals surface area contributed by atoms with Gasteiger partial charge >= 0.3 is 0 Å². The summed E-state index contributed by atoms with van der Waals surface area (Å²) in [5.74, 6) is 2.93. The highest BCUT2D eigenvalue weighted by molar-refractivity contribution is 6.30. The molecule has 1 aromatic rings. The van der Waals surface area contributed by atoms with Crippen LogP contribution in [0.5, 0.6) is 0 Å². The summed E-state index contributed by atoms with van der Waals surface area (Å²) in [6.45, 7) is 9.27. The molecule has 1 heterocycles. The van der Waals surface area contributed by atoms with E-state index in [-0.39, 0.29) is 11.2 Å². The van der Waals surface area contributed by atoms with Crippen molar-refractivity contribution in [2.45, 2.75) is 64.6 Å². The zero-order valence-corrected chi connectivity index (χ0v) is 14.9. The summed E-state index contributed by atoms with van der Waals surface area (Å²) in [4.78, 5) is 0. The average molecular weight is 319 g/mol. The number of halogens is 1. The van der Waals surface area contributed by atoms with E-state index in [9.17, 15) is 0 Å². The van der Waals surface area contributed by atoms with Crippen molar-refractivity contribution in [3.63, 3.8) is 0 Å². The molecule has 0 N–H and O–H groups in total. The summed E-state index contributed by atoms with van der Waals surface area (Å²) in [6, 6.07) is 6.41. The SMILES string of the molecule is CC1CC2CC(C)C3(OC(C)(C)c4ccc(Cl)cc43)C(C1)C2. The van der Waals surface area contributed by atoms with E-state index in [2.05, 4.69) is 39.8 Å². The van der Waals surface area contributed by atoms with Gasteiger partial charge in [0.25, 0.3) is 0 Å². The Kier molecular flexibility index (Phi) is 3.24. The molecule has 0 amide bonds. The molecule has 0 radical (unpaired) electrons. The van der Waals surface area contributed by atoms with Gasteiger partial charge in [-0.3, -0.25) is 0 Å². The molecule has 1 aliphatic heterocycles. The number of hydrogen-bond donors (Lipinski definition) is 0. The van der Waals surface area contributed by atoms with Gasteiger partial charge in [0.15, 0.2) is 0 Å². The first-order valence-electron chi connectivity index (χ1n) is 8.83. The molecule has 1 spiro atoms. The maximum Gasteiger partial charge on any atom is 0.100 e. The highest BCUT2D eigenvalue weighted by atomic mass is 35.5. The fourth-order valence-electron chi connectivity index (χ4n) is 5.93. The lowest BCUT2D eigenvalue weighted by molar-refractivity contribution is -0.213. The summed E-state index contributed by atoms with van der Waals surface area (Å²) < 4.78 is 6.89. The maximum absolute atomic E-state index is 6.89. The third-order valence-electron chi connectivity index (χ3n) is 6.54. The highest BCUT2D eigenvalue weighted by Gasteiger charge is 2.59. The average Bonchev–Trinajstić information content (AvgIpc) is 2.65. The molecule has 3 aliphatic rings. The number of ether oxygens (including phenoxy) is 1. The predicted molar refractivity (Wildman–Crippen MR) is 91.0 cm³/mol. The molecule has 1 nitrogen and oxygen atoms in total. The van der Waals surface area contributed by atoms with E-state index in [1.807, 2.05) is 6.07 Å². The summed E-state index contributed by atoms with van der Waals surface area (Å²) in [6.07, 6.45) is 5.32. The molecule has 120 valence electrons. The van der Waals surface area contributed by atoms with E-state index in [0.717, 1.165) is 16.9 Å². The normalized spacial score (nSPS) is 42.4. The van der Waals surface area contributed by atoms with Gasteiger partial charge in [0.05, 0.1) is 5.60 Å². The van der Waals surface area contributed by atoms with Gasteiger partial charge < -0.3 is 4.74 Å². The van der Waals surface area contributed by atoms with Gasteiger partial charge in [0.1, 0.15) is 5.60 Å². The van der Waals surface area contributed by atoms with Crippen molar-refractivity contribution in [1.29, 1.82) is 0 Å². The Bertz CT molecular complexity index is 604. The monoisotopic (exact) mass is 318 g/mol. The van der Waals surface area contributed by atoms with Crippen LogP contribution in [0.1, 0.15) is 64.5 Å². The van der Waals surface area contributed by atoms with Crippen LogP contribution >= 0.6 is 11.6 Å². The van der Waals surface area contributed by atoms with Crippen LogP contribution in [-0.4, -0.2) is 0 Å². The van der Waals surface area contributed by atoms with Crippen LogP contribution in [0.4, 0.5) is 0 Å². The van der Waals surface area contributed by atoms with Gasteiger partial charge in [-0.15, -0.1) is 0 Å². The topological polar surface area (TPSA) is 9.23 Å². The Morgan fingerprint density at radius 3 is 2.59 bits per heavy atom. The lowest BCUT2D eigenvalue weighted by Crippen LogP contribution is -2.50. The number of rotatable bonds is 0. The molecule has 1 aromatic carbocycles. The van der Waals surface area contributed by atoms with Crippen molar-refractivity contribution >= 4 is 11.6 Å². The summed E-state index contributed by atoms with van der Waals surface area (Å²) in [5.41, 5.74) is 2.41. The van der Waals surface area contributed by atoms with Crippen LogP contribution in [0.3, 0.4) is 0 Å². The largest absolute Gasteiger partial charge is 0.359 e. The molecule has 5 atom stereocenters. The predicted octanol–water partition coefficient (Wildman–Crippen LogP) is 5.89. The molecule has 2 bridgehead atoms. The first-order chi connectivity index (χ1) is 10.3. The van der Waals surface area contributed by atoms with Crippen LogP contribution in [0, 0.1) is 23.7 Å². The number of hydrogen-bond acceptors (Lipinski definition) is 1. The third kappa shape index (κ3) is 1.94. The number of benzene rings is 1.